The SMILES string of the molecule is CN(C(=O)NC1CCC(CCN2CCN(c3cc(Cl)ncc3Cl)CC2)CC1)C1CC1. The van der Waals surface area contributed by atoms with Crippen molar-refractivity contribution in [1.82, 2.24) is 20.1 Å². The van der Waals surface area contributed by atoms with Gasteiger partial charge in [-0.25, -0.2) is 9.78 Å². The van der Waals surface area contributed by atoms with Gasteiger partial charge in [-0.1, -0.05) is 23.2 Å². The van der Waals surface area contributed by atoms with Crippen LogP contribution in [0.15, 0.2) is 12.3 Å². The molecule has 0 atom stereocenters. The number of piperazine rings is 1. The van der Waals surface area contributed by atoms with Gasteiger partial charge in [0.1, 0.15) is 5.15 Å². The molecule has 0 aromatic carbocycles. The Morgan fingerprint density at radius 3 is 2.50 bits per heavy atom. The summed E-state index contributed by atoms with van der Waals surface area (Å²) in [6, 6.07) is 2.82. The quantitative estimate of drug-likeness (QED) is 0.653. The van der Waals surface area contributed by atoms with E-state index in [1.807, 2.05) is 18.0 Å². The lowest BCUT2D eigenvalue weighted by Crippen LogP contribution is -2.47. The summed E-state index contributed by atoms with van der Waals surface area (Å²) in [5, 5.41) is 4.40. The third-order valence-corrected chi connectivity index (χ3v) is 7.46. The fourth-order valence-corrected chi connectivity index (χ4v) is 5.10. The average Bonchev–Trinajstić information content (AvgIpc) is 3.60. The molecule has 0 spiro atoms. The second-order valence-electron chi connectivity index (χ2n) is 9.09. The Morgan fingerprint density at radius 1 is 1.13 bits per heavy atom. The minimum Gasteiger partial charge on any atom is -0.368 e. The number of halogens is 2. The molecule has 3 aliphatic rings. The monoisotopic (exact) mass is 453 g/mol. The van der Waals surface area contributed by atoms with Crippen molar-refractivity contribution in [1.29, 1.82) is 0 Å². The number of carbonyl (C=O) groups excluding carboxylic acids is 1. The van der Waals surface area contributed by atoms with Gasteiger partial charge in [-0.2, -0.15) is 0 Å². The molecule has 0 radical (unpaired) electrons. The fourth-order valence-electron chi connectivity index (χ4n) is 4.72. The van der Waals surface area contributed by atoms with Gasteiger partial charge in [-0.15, -0.1) is 0 Å². The van der Waals surface area contributed by atoms with Crippen LogP contribution >= 0.6 is 23.2 Å². The molecule has 8 heteroatoms. The third-order valence-electron chi connectivity index (χ3n) is 6.96. The van der Waals surface area contributed by atoms with Crippen LogP contribution in [0.25, 0.3) is 0 Å². The van der Waals surface area contributed by atoms with E-state index in [-0.39, 0.29) is 6.03 Å². The van der Waals surface area contributed by atoms with Gasteiger partial charge in [-0.3, -0.25) is 4.90 Å². The summed E-state index contributed by atoms with van der Waals surface area (Å²) >= 11 is 12.3. The second-order valence-corrected chi connectivity index (χ2v) is 9.88. The average molecular weight is 454 g/mol. The van der Waals surface area contributed by atoms with Crippen LogP contribution in [-0.4, -0.2) is 72.7 Å². The van der Waals surface area contributed by atoms with E-state index in [4.69, 9.17) is 23.2 Å². The highest BCUT2D eigenvalue weighted by Gasteiger charge is 2.31. The van der Waals surface area contributed by atoms with Crippen molar-refractivity contribution >= 4 is 34.9 Å². The predicted octanol–water partition coefficient (Wildman–Crippen LogP) is 4.26. The molecule has 1 aromatic rings. The van der Waals surface area contributed by atoms with Crippen molar-refractivity contribution in [3.05, 3.63) is 22.4 Å². The maximum atomic E-state index is 12.3. The first-order valence-corrected chi connectivity index (χ1v) is 12.1. The van der Waals surface area contributed by atoms with Crippen molar-refractivity contribution in [3.63, 3.8) is 0 Å². The van der Waals surface area contributed by atoms with E-state index < -0.39 is 0 Å². The smallest absolute Gasteiger partial charge is 0.317 e. The van der Waals surface area contributed by atoms with Crippen LogP contribution in [0.2, 0.25) is 10.2 Å². The van der Waals surface area contributed by atoms with Crippen molar-refractivity contribution in [2.45, 2.75) is 57.0 Å². The van der Waals surface area contributed by atoms with E-state index in [9.17, 15) is 4.79 Å². The summed E-state index contributed by atoms with van der Waals surface area (Å²) in [7, 11) is 1.93. The molecular formula is C22H33Cl2N5O. The number of nitrogens with zero attached hydrogens (tertiary/aromatic N) is 4. The number of rotatable bonds is 6. The van der Waals surface area contributed by atoms with Crippen LogP contribution in [0.3, 0.4) is 0 Å². The molecule has 1 N–H and O–H groups in total. The molecule has 2 heterocycles. The molecule has 1 aliphatic heterocycles. The molecule has 6 nitrogen and oxygen atoms in total. The summed E-state index contributed by atoms with van der Waals surface area (Å²) in [5.74, 6) is 0.783. The first-order chi connectivity index (χ1) is 14.5. The molecule has 2 saturated carbocycles. The molecule has 1 saturated heterocycles. The lowest BCUT2D eigenvalue weighted by molar-refractivity contribution is 0.187. The highest BCUT2D eigenvalue weighted by molar-refractivity contribution is 6.34. The van der Waals surface area contributed by atoms with Crippen molar-refractivity contribution in [2.75, 3.05) is 44.7 Å². The van der Waals surface area contributed by atoms with E-state index in [1.165, 1.54) is 19.3 Å². The Morgan fingerprint density at radius 2 is 1.83 bits per heavy atom. The Bertz CT molecular complexity index is 728. The number of anilines is 1. The summed E-state index contributed by atoms with van der Waals surface area (Å²) in [6.45, 7) is 5.19. The third kappa shape index (κ3) is 5.71. The minimum atomic E-state index is 0.120. The maximum absolute atomic E-state index is 12.3. The predicted molar refractivity (Wildman–Crippen MR) is 123 cm³/mol. The fraction of sp³-hybridized carbons (Fsp3) is 0.727. The zero-order valence-corrected chi connectivity index (χ0v) is 19.3. The topological polar surface area (TPSA) is 51.7 Å². The number of nitrogens with one attached hydrogen (secondary N) is 1. The summed E-state index contributed by atoms with van der Waals surface area (Å²) in [5.41, 5.74) is 0.990. The summed E-state index contributed by atoms with van der Waals surface area (Å²) < 4.78 is 0. The number of hydrogen-bond acceptors (Lipinski definition) is 4. The standard InChI is InChI=1S/C22H33Cl2N5O/c1-27(18-6-7-18)22(30)26-17-4-2-16(3-5-17)8-9-28-10-12-29(13-11-28)20-14-21(24)25-15-19(20)23/h14-18H,2-13H2,1H3,(H,26,30). The molecule has 0 unspecified atom stereocenters. The van der Waals surface area contributed by atoms with Crippen LogP contribution in [-0.2, 0) is 0 Å². The normalized spacial score (nSPS) is 25.2. The molecule has 2 amide bonds. The van der Waals surface area contributed by atoms with Gasteiger partial charge in [0, 0.05) is 57.6 Å². The highest BCUT2D eigenvalue weighted by Crippen LogP contribution is 2.30. The van der Waals surface area contributed by atoms with Crippen LogP contribution in [0.5, 0.6) is 0 Å². The van der Waals surface area contributed by atoms with Gasteiger partial charge in [0.15, 0.2) is 0 Å². The van der Waals surface area contributed by atoms with E-state index >= 15 is 0 Å². The van der Waals surface area contributed by atoms with E-state index in [2.05, 4.69) is 20.1 Å². The summed E-state index contributed by atoms with van der Waals surface area (Å²) in [4.78, 5) is 23.1. The molecule has 30 heavy (non-hydrogen) atoms. The number of urea groups is 1. The molecule has 2 aliphatic carbocycles. The van der Waals surface area contributed by atoms with Gasteiger partial charge in [-0.05, 0) is 57.4 Å². The van der Waals surface area contributed by atoms with E-state index in [0.717, 1.165) is 70.0 Å². The van der Waals surface area contributed by atoms with Crippen molar-refractivity contribution in [3.8, 4) is 0 Å². The molecule has 3 fully saturated rings. The first-order valence-electron chi connectivity index (χ1n) is 11.3. The largest absolute Gasteiger partial charge is 0.368 e. The van der Waals surface area contributed by atoms with Crippen LogP contribution in [0.1, 0.15) is 44.9 Å². The van der Waals surface area contributed by atoms with Crippen molar-refractivity contribution in [2.24, 2.45) is 5.92 Å². The number of hydrogen-bond donors (Lipinski definition) is 1. The highest BCUT2D eigenvalue weighted by atomic mass is 35.5. The number of pyridine rings is 1. The zero-order chi connectivity index (χ0) is 21.1. The zero-order valence-electron chi connectivity index (χ0n) is 17.8. The Hall–Kier alpha value is -1.24. The molecular weight excluding hydrogens is 421 g/mol. The first kappa shape index (κ1) is 22.0. The molecule has 0 bridgehead atoms. The van der Waals surface area contributed by atoms with Crippen LogP contribution in [0, 0.1) is 5.92 Å². The Labute approximate surface area is 189 Å². The number of carbonyl (C=O) groups is 1. The summed E-state index contributed by atoms with van der Waals surface area (Å²) in [6.07, 6.45) is 9.89. The maximum Gasteiger partial charge on any atom is 0.317 e. The van der Waals surface area contributed by atoms with E-state index in [0.29, 0.717) is 22.3 Å². The molecule has 166 valence electrons. The van der Waals surface area contributed by atoms with Gasteiger partial charge in [0.05, 0.1) is 10.7 Å². The van der Waals surface area contributed by atoms with Crippen LogP contribution < -0.4 is 10.2 Å². The van der Waals surface area contributed by atoms with Gasteiger partial charge >= 0.3 is 6.03 Å². The van der Waals surface area contributed by atoms with Gasteiger partial charge in [0.25, 0.3) is 0 Å². The Kier molecular flexibility index (Phi) is 7.27. The molecule has 1 aromatic heterocycles. The number of amides is 2. The minimum absolute atomic E-state index is 0.120. The van der Waals surface area contributed by atoms with Gasteiger partial charge in [0.2, 0.25) is 0 Å². The molecule has 4 rings (SSSR count). The lowest BCUT2D eigenvalue weighted by atomic mass is 9.84. The Balaban J connectivity index is 1.14. The van der Waals surface area contributed by atoms with Crippen LogP contribution in [0.4, 0.5) is 10.5 Å². The second kappa shape index (κ2) is 9.92. The number of aromatic nitrogens is 1. The lowest BCUT2D eigenvalue weighted by Gasteiger charge is -2.37. The van der Waals surface area contributed by atoms with E-state index in [1.54, 1.807) is 6.20 Å². The van der Waals surface area contributed by atoms with Gasteiger partial charge < -0.3 is 15.1 Å². The van der Waals surface area contributed by atoms with Crippen molar-refractivity contribution < 1.29 is 4.79 Å².